The largest absolute Gasteiger partial charge is 0.480 e. The highest BCUT2D eigenvalue weighted by Crippen LogP contribution is 2.23. The predicted octanol–water partition coefficient (Wildman–Crippen LogP) is 1.50. The van der Waals surface area contributed by atoms with E-state index in [4.69, 9.17) is 28.3 Å². The molecule has 116 valence electrons. The van der Waals surface area contributed by atoms with Crippen LogP contribution >= 0.6 is 23.2 Å². The summed E-state index contributed by atoms with van der Waals surface area (Å²) >= 11 is 11.6. The summed E-state index contributed by atoms with van der Waals surface area (Å²) in [5.41, 5.74) is 0.274. The minimum atomic E-state index is -3.80. The summed E-state index contributed by atoms with van der Waals surface area (Å²) in [5, 5.41) is 11.5. The number of hydrogen-bond acceptors (Lipinski definition) is 4. The normalized spacial score (nSPS) is 12.7. The Bertz CT molecular complexity index is 660. The quantitative estimate of drug-likeness (QED) is 0.806. The maximum absolute atomic E-state index is 12.0. The van der Waals surface area contributed by atoms with E-state index in [0.29, 0.717) is 5.02 Å². The molecule has 0 heterocycles. The molecule has 9 heteroatoms. The molecule has 1 aromatic carbocycles. The summed E-state index contributed by atoms with van der Waals surface area (Å²) < 4.78 is 24.1. The Labute approximate surface area is 132 Å². The van der Waals surface area contributed by atoms with Crippen molar-refractivity contribution in [1.29, 1.82) is 0 Å². The van der Waals surface area contributed by atoms with Crippen molar-refractivity contribution in [2.24, 2.45) is 0 Å². The number of amides is 1. The fraction of sp³-hybridized carbons (Fsp3) is 0.333. The minimum Gasteiger partial charge on any atom is -0.480 e. The molecule has 2 N–H and O–H groups in total. The van der Waals surface area contributed by atoms with Crippen LogP contribution in [0.1, 0.15) is 12.5 Å². The molecular weight excluding hydrogens is 341 g/mol. The summed E-state index contributed by atoms with van der Waals surface area (Å²) in [4.78, 5) is 21.9. The van der Waals surface area contributed by atoms with Gasteiger partial charge in [0.1, 0.15) is 6.04 Å². The number of carbonyl (C=O) groups excluding carboxylic acids is 1. The highest BCUT2D eigenvalue weighted by atomic mass is 35.5. The number of aliphatic carboxylic acids is 1. The van der Waals surface area contributed by atoms with Crippen LogP contribution in [0.2, 0.25) is 10.0 Å². The van der Waals surface area contributed by atoms with Crippen molar-refractivity contribution < 1.29 is 23.1 Å². The third kappa shape index (κ3) is 5.91. The monoisotopic (exact) mass is 353 g/mol. The van der Waals surface area contributed by atoms with Crippen molar-refractivity contribution >= 4 is 44.9 Å². The molecule has 0 aliphatic heterocycles. The number of sulfone groups is 1. The van der Waals surface area contributed by atoms with Crippen molar-refractivity contribution in [2.75, 3.05) is 5.75 Å². The van der Waals surface area contributed by atoms with Gasteiger partial charge in [-0.2, -0.15) is 0 Å². The van der Waals surface area contributed by atoms with Gasteiger partial charge in [0, 0.05) is 17.0 Å². The van der Waals surface area contributed by atoms with E-state index in [2.05, 4.69) is 5.32 Å². The van der Waals surface area contributed by atoms with Crippen molar-refractivity contribution in [3.8, 4) is 0 Å². The summed E-state index contributed by atoms with van der Waals surface area (Å²) in [5.74, 6) is -3.25. The van der Waals surface area contributed by atoms with E-state index in [0.717, 1.165) is 6.92 Å². The lowest BCUT2D eigenvalue weighted by molar-refractivity contribution is -0.140. The number of nitrogens with one attached hydrogen (secondary N) is 1. The highest BCUT2D eigenvalue weighted by molar-refractivity contribution is 7.90. The van der Waals surface area contributed by atoms with Gasteiger partial charge in [0.2, 0.25) is 5.91 Å². The van der Waals surface area contributed by atoms with Crippen molar-refractivity contribution in [3.05, 3.63) is 33.8 Å². The van der Waals surface area contributed by atoms with E-state index < -0.39 is 39.3 Å². The van der Waals surface area contributed by atoms with Gasteiger partial charge in [-0.1, -0.05) is 23.2 Å². The Hall–Kier alpha value is -1.31. The Kier molecular flexibility index (Phi) is 6.00. The van der Waals surface area contributed by atoms with Gasteiger partial charge < -0.3 is 10.4 Å². The Morgan fingerprint density at radius 2 is 1.95 bits per heavy atom. The molecule has 0 fully saturated rings. The molecule has 21 heavy (non-hydrogen) atoms. The van der Waals surface area contributed by atoms with E-state index in [1.807, 2.05) is 0 Å². The second kappa shape index (κ2) is 7.11. The van der Waals surface area contributed by atoms with Crippen LogP contribution in [0.4, 0.5) is 0 Å². The van der Waals surface area contributed by atoms with Crippen LogP contribution < -0.4 is 5.32 Å². The van der Waals surface area contributed by atoms with E-state index in [1.54, 1.807) is 0 Å². The SMILES string of the molecule is CC(=O)NC(CS(=O)(=O)Cc1cc(Cl)ccc1Cl)C(=O)O. The maximum atomic E-state index is 12.0. The van der Waals surface area contributed by atoms with Crippen LogP contribution in [0.5, 0.6) is 0 Å². The van der Waals surface area contributed by atoms with Gasteiger partial charge in [-0.15, -0.1) is 0 Å². The molecular formula is C12H13Cl2NO5S. The molecule has 1 rings (SSSR count). The number of rotatable bonds is 6. The van der Waals surface area contributed by atoms with Crippen LogP contribution in [0.25, 0.3) is 0 Å². The van der Waals surface area contributed by atoms with Crippen LogP contribution in [0, 0.1) is 0 Å². The van der Waals surface area contributed by atoms with Crippen LogP contribution in [0.3, 0.4) is 0 Å². The molecule has 0 spiro atoms. The number of carbonyl (C=O) groups is 2. The third-order valence-electron chi connectivity index (χ3n) is 2.48. The standard InChI is InChI=1S/C12H13Cl2NO5S/c1-7(16)15-11(12(17)18)6-21(19,20)5-8-4-9(13)2-3-10(8)14/h2-4,11H,5-6H2,1H3,(H,15,16)(H,17,18). The zero-order valence-corrected chi connectivity index (χ0v) is 13.3. The fourth-order valence-corrected chi connectivity index (χ4v) is 3.65. The summed E-state index contributed by atoms with van der Waals surface area (Å²) in [6, 6.07) is 2.86. The van der Waals surface area contributed by atoms with Crippen molar-refractivity contribution in [1.82, 2.24) is 5.32 Å². The van der Waals surface area contributed by atoms with E-state index in [1.165, 1.54) is 18.2 Å². The van der Waals surface area contributed by atoms with E-state index >= 15 is 0 Å². The first-order valence-electron chi connectivity index (χ1n) is 5.75. The Balaban J connectivity index is 2.92. The molecule has 1 aromatic rings. The minimum absolute atomic E-state index is 0.217. The molecule has 0 aromatic heterocycles. The Morgan fingerprint density at radius 3 is 2.48 bits per heavy atom. The Morgan fingerprint density at radius 1 is 1.33 bits per heavy atom. The van der Waals surface area contributed by atoms with Gasteiger partial charge in [-0.3, -0.25) is 4.79 Å². The first kappa shape index (κ1) is 17.7. The highest BCUT2D eigenvalue weighted by Gasteiger charge is 2.26. The zero-order valence-electron chi connectivity index (χ0n) is 11.0. The van der Waals surface area contributed by atoms with Crippen LogP contribution in [-0.4, -0.2) is 37.2 Å². The van der Waals surface area contributed by atoms with E-state index in [9.17, 15) is 18.0 Å². The summed E-state index contributed by atoms with van der Waals surface area (Å²) in [7, 11) is -3.80. The number of carboxylic acid groups (broad SMARTS) is 1. The predicted molar refractivity (Wildman–Crippen MR) is 79.2 cm³/mol. The fourth-order valence-electron chi connectivity index (χ4n) is 1.62. The number of carboxylic acids is 1. The summed E-state index contributed by atoms with van der Waals surface area (Å²) in [6.07, 6.45) is 0. The molecule has 0 bridgehead atoms. The average Bonchev–Trinajstić information content (AvgIpc) is 2.31. The smallest absolute Gasteiger partial charge is 0.327 e. The molecule has 0 aliphatic rings. The molecule has 6 nitrogen and oxygen atoms in total. The van der Waals surface area contributed by atoms with Gasteiger partial charge in [0.25, 0.3) is 0 Å². The topological polar surface area (TPSA) is 101 Å². The van der Waals surface area contributed by atoms with Gasteiger partial charge >= 0.3 is 5.97 Å². The third-order valence-corrected chi connectivity index (χ3v) is 4.68. The molecule has 0 radical (unpaired) electrons. The van der Waals surface area contributed by atoms with E-state index in [-0.39, 0.29) is 10.6 Å². The van der Waals surface area contributed by atoms with Crippen molar-refractivity contribution in [2.45, 2.75) is 18.7 Å². The lowest BCUT2D eigenvalue weighted by atomic mass is 10.2. The molecule has 0 saturated heterocycles. The molecule has 1 amide bonds. The molecule has 1 unspecified atom stereocenters. The van der Waals surface area contributed by atoms with Crippen molar-refractivity contribution in [3.63, 3.8) is 0 Å². The van der Waals surface area contributed by atoms with Crippen LogP contribution in [0.15, 0.2) is 18.2 Å². The van der Waals surface area contributed by atoms with Gasteiger partial charge in [-0.25, -0.2) is 13.2 Å². The zero-order chi connectivity index (χ0) is 16.2. The first-order chi connectivity index (χ1) is 9.60. The number of benzene rings is 1. The maximum Gasteiger partial charge on any atom is 0.327 e. The molecule has 0 aliphatic carbocycles. The average molecular weight is 354 g/mol. The number of hydrogen-bond donors (Lipinski definition) is 2. The lowest BCUT2D eigenvalue weighted by Gasteiger charge is -2.14. The molecule has 0 saturated carbocycles. The van der Waals surface area contributed by atoms with Gasteiger partial charge in [0.15, 0.2) is 9.84 Å². The van der Waals surface area contributed by atoms with Crippen LogP contribution in [-0.2, 0) is 25.2 Å². The second-order valence-corrected chi connectivity index (χ2v) is 7.33. The lowest BCUT2D eigenvalue weighted by Crippen LogP contribution is -2.44. The molecule has 1 atom stereocenters. The first-order valence-corrected chi connectivity index (χ1v) is 8.32. The summed E-state index contributed by atoms with van der Waals surface area (Å²) in [6.45, 7) is 1.11. The number of halogens is 2. The second-order valence-electron chi connectivity index (χ2n) is 4.38. The van der Waals surface area contributed by atoms with Gasteiger partial charge in [-0.05, 0) is 23.8 Å². The van der Waals surface area contributed by atoms with Gasteiger partial charge in [0.05, 0.1) is 11.5 Å².